The molecule has 0 bridgehead atoms. The van der Waals surface area contributed by atoms with Gasteiger partial charge in [-0.2, -0.15) is 0 Å². The minimum Gasteiger partial charge on any atom is -0.463 e. The van der Waals surface area contributed by atoms with E-state index in [1.54, 1.807) is 11.9 Å². The van der Waals surface area contributed by atoms with Gasteiger partial charge in [-0.3, -0.25) is 5.84 Å². The summed E-state index contributed by atoms with van der Waals surface area (Å²) in [6.45, 7) is 3.52. The molecule has 0 aromatic carbocycles. The van der Waals surface area contributed by atoms with Crippen LogP contribution < -0.4 is 5.84 Å². The molecule has 0 spiro atoms. The highest BCUT2D eigenvalue weighted by Gasteiger charge is 2.16. The third-order valence-electron chi connectivity index (χ3n) is 1.72. The molecule has 0 amide bonds. The second-order valence-electron chi connectivity index (χ2n) is 2.71. The number of carbonyl (C=O) groups is 1. The molecule has 0 atom stereocenters. The molecule has 1 aliphatic rings. The SMILES string of the molecule is CCOC(=O)C1=CCCN(N)C1. The Hall–Kier alpha value is -0.870. The zero-order valence-corrected chi connectivity index (χ0v) is 7.25. The van der Waals surface area contributed by atoms with E-state index in [4.69, 9.17) is 10.6 Å². The number of carbonyl (C=O) groups excluding carboxylic acids is 1. The fourth-order valence-corrected chi connectivity index (χ4v) is 1.14. The summed E-state index contributed by atoms with van der Waals surface area (Å²) in [6, 6.07) is 0. The third-order valence-corrected chi connectivity index (χ3v) is 1.72. The third kappa shape index (κ3) is 2.32. The summed E-state index contributed by atoms with van der Waals surface area (Å²) in [5.74, 6) is 5.30. The van der Waals surface area contributed by atoms with Crippen molar-refractivity contribution in [2.24, 2.45) is 5.84 Å². The van der Waals surface area contributed by atoms with Gasteiger partial charge in [-0.15, -0.1) is 0 Å². The molecular formula is C8H14N2O2. The van der Waals surface area contributed by atoms with Crippen LogP contribution in [0.15, 0.2) is 11.6 Å². The summed E-state index contributed by atoms with van der Waals surface area (Å²) < 4.78 is 4.84. The number of hydrogen-bond acceptors (Lipinski definition) is 4. The fraction of sp³-hybridized carbons (Fsp3) is 0.625. The molecule has 0 aromatic rings. The molecule has 0 saturated heterocycles. The highest BCUT2D eigenvalue weighted by Crippen LogP contribution is 2.07. The summed E-state index contributed by atoms with van der Waals surface area (Å²) in [4.78, 5) is 11.2. The Labute approximate surface area is 71.9 Å². The van der Waals surface area contributed by atoms with Crippen molar-refractivity contribution in [3.63, 3.8) is 0 Å². The van der Waals surface area contributed by atoms with Gasteiger partial charge in [-0.25, -0.2) is 9.80 Å². The summed E-state index contributed by atoms with van der Waals surface area (Å²) >= 11 is 0. The van der Waals surface area contributed by atoms with E-state index in [9.17, 15) is 4.79 Å². The number of rotatable bonds is 2. The lowest BCUT2D eigenvalue weighted by molar-refractivity contribution is -0.138. The monoisotopic (exact) mass is 170 g/mol. The molecule has 2 N–H and O–H groups in total. The van der Waals surface area contributed by atoms with Gasteiger partial charge in [0, 0.05) is 18.7 Å². The molecular weight excluding hydrogens is 156 g/mol. The molecule has 0 fully saturated rings. The number of hydrazine groups is 1. The Morgan fingerprint density at radius 2 is 2.58 bits per heavy atom. The predicted octanol–water partition coefficient (Wildman–Crippen LogP) is 0.0553. The number of nitrogens with zero attached hydrogens (tertiary/aromatic N) is 1. The van der Waals surface area contributed by atoms with E-state index in [1.807, 2.05) is 6.08 Å². The quantitative estimate of drug-likeness (QED) is 0.470. The van der Waals surface area contributed by atoms with Crippen molar-refractivity contribution < 1.29 is 9.53 Å². The van der Waals surface area contributed by atoms with Crippen molar-refractivity contribution >= 4 is 5.97 Å². The number of hydrogen-bond donors (Lipinski definition) is 1. The second kappa shape index (κ2) is 4.23. The van der Waals surface area contributed by atoms with Gasteiger partial charge < -0.3 is 4.74 Å². The van der Waals surface area contributed by atoms with Crippen molar-refractivity contribution in [1.29, 1.82) is 0 Å². The van der Waals surface area contributed by atoms with Crippen molar-refractivity contribution in [2.75, 3.05) is 19.7 Å². The molecule has 4 heteroatoms. The fourth-order valence-electron chi connectivity index (χ4n) is 1.14. The smallest absolute Gasteiger partial charge is 0.335 e. The first-order valence-electron chi connectivity index (χ1n) is 4.10. The zero-order chi connectivity index (χ0) is 8.97. The number of esters is 1. The second-order valence-corrected chi connectivity index (χ2v) is 2.71. The van der Waals surface area contributed by atoms with Crippen LogP contribution in [0.1, 0.15) is 13.3 Å². The van der Waals surface area contributed by atoms with Gasteiger partial charge in [0.2, 0.25) is 0 Å². The molecule has 1 heterocycles. The lowest BCUT2D eigenvalue weighted by atomic mass is 10.1. The predicted molar refractivity (Wildman–Crippen MR) is 45.1 cm³/mol. The Morgan fingerprint density at radius 1 is 1.83 bits per heavy atom. The van der Waals surface area contributed by atoms with E-state index in [0.717, 1.165) is 13.0 Å². The number of nitrogens with two attached hydrogens (primary N) is 1. The Balaban J connectivity index is 2.50. The Bertz CT molecular complexity index is 201. The highest BCUT2D eigenvalue weighted by molar-refractivity contribution is 5.89. The molecule has 4 nitrogen and oxygen atoms in total. The van der Waals surface area contributed by atoms with Crippen molar-refractivity contribution in [3.8, 4) is 0 Å². The molecule has 12 heavy (non-hydrogen) atoms. The van der Waals surface area contributed by atoms with Gasteiger partial charge in [0.25, 0.3) is 0 Å². The van der Waals surface area contributed by atoms with Crippen LogP contribution in [0, 0.1) is 0 Å². The summed E-state index contributed by atoms with van der Waals surface area (Å²) in [6.07, 6.45) is 2.71. The normalized spacial score (nSPS) is 18.7. The topological polar surface area (TPSA) is 55.6 Å². The molecule has 1 aliphatic heterocycles. The molecule has 0 aromatic heterocycles. The minimum absolute atomic E-state index is 0.243. The van der Waals surface area contributed by atoms with Crippen LogP contribution in [0.4, 0.5) is 0 Å². The van der Waals surface area contributed by atoms with Crippen molar-refractivity contribution in [1.82, 2.24) is 5.01 Å². The minimum atomic E-state index is -0.243. The first-order chi connectivity index (χ1) is 5.74. The van der Waals surface area contributed by atoms with Gasteiger partial charge in [0.15, 0.2) is 0 Å². The Kier molecular flexibility index (Phi) is 3.25. The first kappa shape index (κ1) is 9.22. The summed E-state index contributed by atoms with van der Waals surface area (Å²) in [5, 5.41) is 1.62. The van der Waals surface area contributed by atoms with E-state index in [-0.39, 0.29) is 5.97 Å². The molecule has 0 radical (unpaired) electrons. The number of ether oxygens (including phenoxy) is 1. The van der Waals surface area contributed by atoms with Crippen LogP contribution in [0.25, 0.3) is 0 Å². The van der Waals surface area contributed by atoms with Crippen LogP contribution in [-0.4, -0.2) is 30.7 Å². The zero-order valence-electron chi connectivity index (χ0n) is 7.25. The van der Waals surface area contributed by atoms with Crippen LogP contribution >= 0.6 is 0 Å². The molecule has 0 unspecified atom stereocenters. The van der Waals surface area contributed by atoms with Gasteiger partial charge in [-0.1, -0.05) is 6.08 Å². The van der Waals surface area contributed by atoms with Crippen molar-refractivity contribution in [2.45, 2.75) is 13.3 Å². The highest BCUT2D eigenvalue weighted by atomic mass is 16.5. The lowest BCUT2D eigenvalue weighted by Crippen LogP contribution is -2.38. The van der Waals surface area contributed by atoms with E-state index < -0.39 is 0 Å². The van der Waals surface area contributed by atoms with Crippen LogP contribution in [0.5, 0.6) is 0 Å². The molecule has 1 rings (SSSR count). The van der Waals surface area contributed by atoms with Crippen molar-refractivity contribution in [3.05, 3.63) is 11.6 Å². The van der Waals surface area contributed by atoms with Gasteiger partial charge in [0.05, 0.1) is 6.61 Å². The summed E-state index contributed by atoms with van der Waals surface area (Å²) in [7, 11) is 0. The molecule has 68 valence electrons. The van der Waals surface area contributed by atoms with E-state index in [1.165, 1.54) is 0 Å². The van der Waals surface area contributed by atoms with E-state index in [2.05, 4.69) is 0 Å². The molecule has 0 aliphatic carbocycles. The van der Waals surface area contributed by atoms with Gasteiger partial charge in [-0.05, 0) is 13.3 Å². The van der Waals surface area contributed by atoms with Gasteiger partial charge >= 0.3 is 5.97 Å². The van der Waals surface area contributed by atoms with E-state index >= 15 is 0 Å². The maximum Gasteiger partial charge on any atom is 0.335 e. The average molecular weight is 170 g/mol. The first-order valence-corrected chi connectivity index (χ1v) is 4.10. The molecule has 0 saturated carbocycles. The Morgan fingerprint density at radius 3 is 3.17 bits per heavy atom. The largest absolute Gasteiger partial charge is 0.463 e. The maximum absolute atomic E-state index is 11.2. The lowest BCUT2D eigenvalue weighted by Gasteiger charge is -2.20. The maximum atomic E-state index is 11.2. The van der Waals surface area contributed by atoms with Gasteiger partial charge in [0.1, 0.15) is 0 Å². The standard InChI is InChI=1S/C8H14N2O2/c1-2-12-8(11)7-4-3-5-10(9)6-7/h4H,2-3,5-6,9H2,1H3. The summed E-state index contributed by atoms with van der Waals surface area (Å²) in [5.41, 5.74) is 0.672. The average Bonchev–Trinajstić information content (AvgIpc) is 2.05. The van der Waals surface area contributed by atoms with Crippen LogP contribution in [-0.2, 0) is 9.53 Å². The van der Waals surface area contributed by atoms with Crippen LogP contribution in [0.2, 0.25) is 0 Å². The van der Waals surface area contributed by atoms with E-state index in [0.29, 0.717) is 18.7 Å². The van der Waals surface area contributed by atoms with Crippen LogP contribution in [0.3, 0.4) is 0 Å².